The van der Waals surface area contributed by atoms with Crippen LogP contribution in [0, 0.1) is 5.92 Å². The van der Waals surface area contributed by atoms with Gasteiger partial charge in [0.1, 0.15) is 10.7 Å². The van der Waals surface area contributed by atoms with Crippen LogP contribution in [-0.4, -0.2) is 27.3 Å². The number of halogens is 1. The highest BCUT2D eigenvalue weighted by Crippen LogP contribution is 2.00. The summed E-state index contributed by atoms with van der Waals surface area (Å²) in [7, 11) is -2.13. The van der Waals surface area contributed by atoms with E-state index in [9.17, 15) is 8.42 Å². The van der Waals surface area contributed by atoms with Crippen molar-refractivity contribution in [1.29, 1.82) is 0 Å². The van der Waals surface area contributed by atoms with Crippen LogP contribution >= 0.6 is 12.4 Å². The Morgan fingerprint density at radius 3 is 2.11 bits per heavy atom. The highest BCUT2D eigenvalue weighted by Gasteiger charge is 2.16. The minimum Gasteiger partial charge on any atom is -0.316 e. The maximum atomic E-state index is 10.0. The maximum Gasteiger partial charge on any atom is 0.140 e. The summed E-state index contributed by atoms with van der Waals surface area (Å²) in [6, 6.07) is 0. The summed E-state index contributed by atoms with van der Waals surface area (Å²) in [6.45, 7) is 1.76. The molecule has 0 aliphatic carbocycles. The second kappa shape index (κ2) is 4.09. The lowest BCUT2D eigenvalue weighted by atomic mass is 10.1. The average Bonchev–Trinajstić information content (AvgIpc) is 1.55. The predicted octanol–water partition coefficient (Wildman–Crippen LogP) is -0.761. The third-order valence-electron chi connectivity index (χ3n) is 1.27. The number of nitrogens with one attached hydrogen (secondary N) is 1. The van der Waals surface area contributed by atoms with Crippen LogP contribution in [0.3, 0.4) is 0 Å². The number of rotatable bonds is 2. The Morgan fingerprint density at radius 1 is 1.44 bits per heavy atom. The molecular formula is C4H10ClNO2S. The van der Waals surface area contributed by atoms with Crippen molar-refractivity contribution >= 4 is 23.1 Å². The SMILES string of the molecule is Cl.O=[SH](=O)CC1CNC1. The van der Waals surface area contributed by atoms with Gasteiger partial charge in [-0.15, -0.1) is 12.4 Å². The van der Waals surface area contributed by atoms with E-state index in [-0.39, 0.29) is 12.4 Å². The lowest BCUT2D eigenvalue weighted by molar-refractivity contribution is 0.380. The minimum absolute atomic E-state index is 0. The third-order valence-corrected chi connectivity index (χ3v) is 2.09. The lowest BCUT2D eigenvalue weighted by Gasteiger charge is -2.24. The Balaban J connectivity index is 0.000000640. The molecule has 0 spiro atoms. The van der Waals surface area contributed by atoms with Crippen molar-refractivity contribution < 1.29 is 8.42 Å². The monoisotopic (exact) mass is 171 g/mol. The van der Waals surface area contributed by atoms with E-state index in [0.717, 1.165) is 13.1 Å². The van der Waals surface area contributed by atoms with Crippen LogP contribution in [-0.2, 0) is 10.7 Å². The largest absolute Gasteiger partial charge is 0.316 e. The molecule has 0 bridgehead atoms. The Kier molecular flexibility index (Phi) is 4.18. The quantitative estimate of drug-likeness (QED) is 0.537. The normalized spacial score (nSPS) is 18.8. The van der Waals surface area contributed by atoms with Gasteiger partial charge < -0.3 is 5.32 Å². The molecule has 0 saturated carbocycles. The zero-order valence-corrected chi connectivity index (χ0v) is 6.58. The average molecular weight is 172 g/mol. The molecular weight excluding hydrogens is 162 g/mol. The molecule has 3 nitrogen and oxygen atoms in total. The van der Waals surface area contributed by atoms with Crippen LogP contribution < -0.4 is 5.32 Å². The smallest absolute Gasteiger partial charge is 0.140 e. The van der Waals surface area contributed by atoms with E-state index in [1.165, 1.54) is 0 Å². The van der Waals surface area contributed by atoms with Crippen LogP contribution in [0.5, 0.6) is 0 Å². The summed E-state index contributed by atoms with van der Waals surface area (Å²) in [4.78, 5) is 0. The molecule has 0 aromatic carbocycles. The molecule has 1 aliphatic heterocycles. The maximum absolute atomic E-state index is 10.0. The Labute approximate surface area is 62.2 Å². The molecule has 1 N–H and O–H groups in total. The van der Waals surface area contributed by atoms with Gasteiger partial charge in [-0.05, 0) is 5.92 Å². The Morgan fingerprint density at radius 2 is 2.00 bits per heavy atom. The van der Waals surface area contributed by atoms with Crippen molar-refractivity contribution in [2.24, 2.45) is 5.92 Å². The predicted molar refractivity (Wildman–Crippen MR) is 38.8 cm³/mol. The fourth-order valence-electron chi connectivity index (χ4n) is 0.688. The molecule has 1 rings (SSSR count). The summed E-state index contributed by atoms with van der Waals surface area (Å²) in [6.07, 6.45) is 0. The van der Waals surface area contributed by atoms with Crippen LogP contribution in [0.25, 0.3) is 0 Å². The topological polar surface area (TPSA) is 46.2 Å². The molecule has 1 heterocycles. The number of hydrogen-bond donors (Lipinski definition) is 2. The Bertz CT molecular complexity index is 136. The summed E-state index contributed by atoms with van der Waals surface area (Å²) < 4.78 is 20.0. The molecule has 56 valence electrons. The van der Waals surface area contributed by atoms with Crippen LogP contribution in [0.1, 0.15) is 0 Å². The highest BCUT2D eigenvalue weighted by atomic mass is 35.5. The van der Waals surface area contributed by atoms with E-state index >= 15 is 0 Å². The molecule has 5 heteroatoms. The highest BCUT2D eigenvalue weighted by molar-refractivity contribution is 7.72. The summed E-state index contributed by atoms with van der Waals surface area (Å²) in [5, 5.41) is 3.00. The van der Waals surface area contributed by atoms with Crippen molar-refractivity contribution in [3.63, 3.8) is 0 Å². The summed E-state index contributed by atoms with van der Waals surface area (Å²) >= 11 is 0. The number of hydrogen-bond acceptors (Lipinski definition) is 3. The van der Waals surface area contributed by atoms with Gasteiger partial charge in [-0.2, -0.15) is 0 Å². The van der Waals surface area contributed by atoms with Crippen LogP contribution in [0.15, 0.2) is 0 Å². The molecule has 0 atom stereocenters. The lowest BCUT2D eigenvalue weighted by Crippen LogP contribution is -2.44. The first-order valence-corrected chi connectivity index (χ1v) is 3.98. The van der Waals surface area contributed by atoms with Gasteiger partial charge in [0.05, 0.1) is 5.75 Å². The van der Waals surface area contributed by atoms with E-state index < -0.39 is 10.7 Å². The Hall–Kier alpha value is 0.200. The van der Waals surface area contributed by atoms with E-state index in [0.29, 0.717) is 11.7 Å². The molecule has 1 aliphatic rings. The van der Waals surface area contributed by atoms with E-state index in [2.05, 4.69) is 5.32 Å². The van der Waals surface area contributed by atoms with Crippen molar-refractivity contribution in [3.8, 4) is 0 Å². The zero-order chi connectivity index (χ0) is 5.98. The molecule has 0 aromatic rings. The van der Waals surface area contributed by atoms with E-state index in [1.807, 2.05) is 0 Å². The van der Waals surface area contributed by atoms with Crippen molar-refractivity contribution in [2.75, 3.05) is 18.8 Å². The van der Waals surface area contributed by atoms with Gasteiger partial charge in [0, 0.05) is 13.1 Å². The third kappa shape index (κ3) is 3.03. The standard InChI is InChI=1S/C4H9NO2S.ClH/c6-8(7)3-4-1-5-2-4;/h4-5,8H,1-3H2;1H. The molecule has 1 saturated heterocycles. The molecule has 9 heavy (non-hydrogen) atoms. The van der Waals surface area contributed by atoms with Gasteiger partial charge in [0.15, 0.2) is 0 Å². The van der Waals surface area contributed by atoms with Gasteiger partial charge in [-0.25, -0.2) is 8.42 Å². The summed E-state index contributed by atoms with van der Waals surface area (Å²) in [5.74, 6) is 0.763. The van der Waals surface area contributed by atoms with Crippen LogP contribution in [0.2, 0.25) is 0 Å². The molecule has 0 aromatic heterocycles. The van der Waals surface area contributed by atoms with Gasteiger partial charge in [0.25, 0.3) is 0 Å². The van der Waals surface area contributed by atoms with Gasteiger partial charge in [-0.3, -0.25) is 0 Å². The van der Waals surface area contributed by atoms with Gasteiger partial charge in [-0.1, -0.05) is 0 Å². The molecule has 0 amide bonds. The number of thiol groups is 1. The first-order chi connectivity index (χ1) is 3.79. The van der Waals surface area contributed by atoms with Gasteiger partial charge >= 0.3 is 0 Å². The second-order valence-electron chi connectivity index (χ2n) is 2.04. The molecule has 0 radical (unpaired) electrons. The van der Waals surface area contributed by atoms with E-state index in [4.69, 9.17) is 0 Å². The fraction of sp³-hybridized carbons (Fsp3) is 1.00. The van der Waals surface area contributed by atoms with Crippen molar-refractivity contribution in [1.82, 2.24) is 5.32 Å². The van der Waals surface area contributed by atoms with Crippen molar-refractivity contribution in [3.05, 3.63) is 0 Å². The fourth-order valence-corrected chi connectivity index (χ4v) is 1.37. The minimum atomic E-state index is -2.13. The first-order valence-electron chi connectivity index (χ1n) is 2.61. The van der Waals surface area contributed by atoms with Gasteiger partial charge in [0.2, 0.25) is 0 Å². The van der Waals surface area contributed by atoms with E-state index in [1.54, 1.807) is 0 Å². The zero-order valence-electron chi connectivity index (χ0n) is 4.87. The second-order valence-corrected chi connectivity index (χ2v) is 3.07. The summed E-state index contributed by atoms with van der Waals surface area (Å²) in [5.41, 5.74) is 0. The molecule has 0 unspecified atom stereocenters. The first kappa shape index (κ1) is 9.20. The van der Waals surface area contributed by atoms with Crippen molar-refractivity contribution in [2.45, 2.75) is 0 Å². The van der Waals surface area contributed by atoms with Crippen LogP contribution in [0.4, 0.5) is 0 Å². The molecule has 1 fully saturated rings.